The smallest absolute Gasteiger partial charge is 0.0487 e. The van der Waals surface area contributed by atoms with Crippen LogP contribution in [-0.4, -0.2) is 5.43 Å². The van der Waals surface area contributed by atoms with Gasteiger partial charge in [0.1, 0.15) is 0 Å². The number of benzene rings is 2. The molecule has 0 fully saturated rings. The first-order chi connectivity index (χ1) is 14.1. The van der Waals surface area contributed by atoms with Crippen molar-refractivity contribution in [3.8, 4) is 11.1 Å². The second-order valence-electron chi connectivity index (χ2n) is 8.41. The molecule has 0 N–H and O–H groups in total. The molecule has 1 aliphatic carbocycles. The van der Waals surface area contributed by atoms with Crippen LogP contribution in [0.15, 0.2) is 71.3 Å². The Morgan fingerprint density at radius 3 is 1.88 bits per heavy atom. The van der Waals surface area contributed by atoms with Gasteiger partial charge in [-0.2, -0.15) is 11.1 Å². The number of rotatable bonds is 1. The molecule has 0 bridgehead atoms. The van der Waals surface area contributed by atoms with Crippen molar-refractivity contribution in [2.24, 2.45) is 5.92 Å². The van der Waals surface area contributed by atoms with Crippen LogP contribution in [-0.2, 0) is 23.3 Å². The molecule has 0 heterocycles. The zero-order valence-corrected chi connectivity index (χ0v) is 25.7. The Morgan fingerprint density at radius 1 is 0.875 bits per heavy atom. The van der Waals surface area contributed by atoms with Crippen LogP contribution in [0, 0.1) is 25.8 Å². The molecule has 0 amide bonds. The summed E-state index contributed by atoms with van der Waals surface area (Å²) in [4.78, 5) is 0. The van der Waals surface area contributed by atoms with Crippen molar-refractivity contribution < 1.29 is 23.3 Å². The number of halogens is 2. The molecule has 0 spiro atoms. The molecule has 170 valence electrons. The van der Waals surface area contributed by atoms with Crippen molar-refractivity contribution in [1.29, 1.82) is 0 Å². The van der Waals surface area contributed by atoms with Gasteiger partial charge in [-0.25, -0.2) is 5.57 Å². The maximum Gasteiger partial charge on any atom is -0.0487 e. The summed E-state index contributed by atoms with van der Waals surface area (Å²) in [7, 11) is 0. The number of hydrogen-bond donors (Lipinski definition) is 0. The Morgan fingerprint density at radius 2 is 1.44 bits per heavy atom. The van der Waals surface area contributed by atoms with Crippen LogP contribution in [0.4, 0.5) is 0 Å². The first kappa shape index (κ1) is 31.2. The Bertz CT molecular complexity index is 1090. The van der Waals surface area contributed by atoms with E-state index in [9.17, 15) is 0 Å². The molecule has 32 heavy (non-hydrogen) atoms. The molecule has 0 aliphatic heterocycles. The van der Waals surface area contributed by atoms with Gasteiger partial charge >= 0.3 is 41.9 Å². The predicted octanol–water partition coefficient (Wildman–Crippen LogP) is 9.19. The standard InChI is InChI=1S/C17H15.C9H13.C2H6Si.2ClH.Zr/c1-12-7-6-10-15-11-13(2)17(16(12)15)14-8-4-3-5-9-14;1-6-5-7(2)9(4)8(6)3;1-3-2;;;/h3-11H,1-2H3;6H,1-4H3;1-2H3;2*1H;/q2*-1;;;;+2. The summed E-state index contributed by atoms with van der Waals surface area (Å²) in [5.41, 5.74) is 9.88. The van der Waals surface area contributed by atoms with Crippen molar-refractivity contribution in [1.82, 2.24) is 0 Å². The molecule has 4 rings (SSSR count). The van der Waals surface area contributed by atoms with Crippen LogP contribution in [0.2, 0.25) is 13.1 Å². The zero-order valence-electron chi connectivity index (χ0n) is 20.6. The van der Waals surface area contributed by atoms with E-state index in [-0.39, 0.29) is 30.2 Å². The molecule has 0 radical (unpaired) electrons. The van der Waals surface area contributed by atoms with Crippen molar-refractivity contribution in [3.63, 3.8) is 0 Å². The third-order valence-electron chi connectivity index (χ3n) is 5.62. The second kappa shape index (κ2) is 14.5. The zero-order chi connectivity index (χ0) is 22.4. The quantitative estimate of drug-likeness (QED) is 0.205. The van der Waals surface area contributed by atoms with Gasteiger partial charge in [0.05, 0.1) is 0 Å². The summed E-state index contributed by atoms with van der Waals surface area (Å²) in [5.74, 6) is 0.560. The SMILES string of the molecule is CC1=[C-]C(C)C(C)=C1C.C[Si](C)=[Zr+2].Cc1[cH-]c2cccc(C)c2c1-c1ccccc1.Cl.Cl. The van der Waals surface area contributed by atoms with Gasteiger partial charge in [0.2, 0.25) is 0 Å². The van der Waals surface area contributed by atoms with Crippen molar-refractivity contribution in [2.45, 2.75) is 54.6 Å². The van der Waals surface area contributed by atoms with Gasteiger partial charge in [0, 0.05) is 0 Å². The molecule has 0 saturated carbocycles. The summed E-state index contributed by atoms with van der Waals surface area (Å²) in [6.45, 7) is 17.7. The van der Waals surface area contributed by atoms with E-state index in [0.29, 0.717) is 5.92 Å². The van der Waals surface area contributed by atoms with E-state index in [2.05, 4.69) is 115 Å². The topological polar surface area (TPSA) is 0 Å². The summed E-state index contributed by atoms with van der Waals surface area (Å²) >= 11 is 1.74. The van der Waals surface area contributed by atoms with Gasteiger partial charge in [-0.3, -0.25) is 6.08 Å². The molecule has 1 atom stereocenters. The van der Waals surface area contributed by atoms with Gasteiger partial charge in [0.15, 0.2) is 0 Å². The van der Waals surface area contributed by atoms with E-state index in [1.807, 2.05) is 0 Å². The third-order valence-corrected chi connectivity index (χ3v) is 5.62. The van der Waals surface area contributed by atoms with Crippen LogP contribution in [0.1, 0.15) is 38.8 Å². The van der Waals surface area contributed by atoms with Crippen molar-refractivity contribution >= 4 is 41.0 Å². The van der Waals surface area contributed by atoms with Crippen LogP contribution in [0.25, 0.3) is 21.9 Å². The minimum Gasteiger partial charge on any atom is -0.149 e. The van der Waals surface area contributed by atoms with Gasteiger partial charge < -0.3 is 0 Å². The summed E-state index contributed by atoms with van der Waals surface area (Å²) < 4.78 is 0. The Hall–Kier alpha value is -0.790. The van der Waals surface area contributed by atoms with Crippen molar-refractivity contribution in [3.05, 3.63) is 88.5 Å². The van der Waals surface area contributed by atoms with E-state index in [1.54, 1.807) is 23.3 Å². The van der Waals surface area contributed by atoms with Crippen LogP contribution < -0.4 is 0 Å². The molecule has 0 saturated heterocycles. The van der Waals surface area contributed by atoms with E-state index in [1.165, 1.54) is 49.7 Å². The molecule has 0 nitrogen and oxygen atoms in total. The fourth-order valence-electron chi connectivity index (χ4n) is 3.79. The molecular formula is C28H36Cl2SiZr. The third kappa shape index (κ3) is 8.21. The van der Waals surface area contributed by atoms with Gasteiger partial charge in [-0.15, -0.1) is 71.8 Å². The van der Waals surface area contributed by atoms with Gasteiger partial charge in [-0.1, -0.05) is 81.1 Å². The molecule has 1 aliphatic rings. The first-order valence-electron chi connectivity index (χ1n) is 10.6. The minimum absolute atomic E-state index is 0. The Kier molecular flexibility index (Phi) is 14.1. The fraction of sp³-hybridized carbons (Fsp3) is 0.321. The van der Waals surface area contributed by atoms with Crippen LogP contribution >= 0.6 is 24.8 Å². The summed E-state index contributed by atoms with van der Waals surface area (Å²) in [6.07, 6.45) is 3.36. The maximum atomic E-state index is 3.36. The van der Waals surface area contributed by atoms with Crippen molar-refractivity contribution in [2.75, 3.05) is 0 Å². The first-order valence-corrected chi connectivity index (χ1v) is 16.8. The van der Waals surface area contributed by atoms with Gasteiger partial charge in [0.25, 0.3) is 0 Å². The summed E-state index contributed by atoms with van der Waals surface area (Å²) in [6, 6.07) is 19.4. The molecule has 3 aromatic carbocycles. The van der Waals surface area contributed by atoms with Crippen LogP contribution in [0.3, 0.4) is 0 Å². The molecular weight excluding hydrogens is 527 g/mol. The summed E-state index contributed by atoms with van der Waals surface area (Å²) in [5, 5.41) is 2.75. The number of aryl methyl sites for hydroxylation is 2. The number of hydrogen-bond acceptors (Lipinski definition) is 0. The fourth-order valence-corrected chi connectivity index (χ4v) is 3.79. The van der Waals surface area contributed by atoms with E-state index < -0.39 is 0 Å². The Balaban J connectivity index is 0.000000547. The van der Waals surface area contributed by atoms with Gasteiger partial charge in [-0.05, 0) is 6.92 Å². The second-order valence-corrected chi connectivity index (χ2v) is 17.8. The Labute approximate surface area is 223 Å². The predicted molar refractivity (Wildman–Crippen MR) is 146 cm³/mol. The largest absolute Gasteiger partial charge is 0.149 e. The maximum absolute atomic E-state index is 3.36. The van der Waals surface area contributed by atoms with Crippen LogP contribution in [0.5, 0.6) is 0 Å². The number of allylic oxidation sites excluding steroid dienone is 4. The molecule has 4 heteroatoms. The normalized spacial score (nSPS) is 14.3. The average molecular weight is 563 g/mol. The molecule has 0 aromatic heterocycles. The monoisotopic (exact) mass is 560 g/mol. The minimum atomic E-state index is 0. The average Bonchev–Trinajstić information content (AvgIpc) is 3.14. The van der Waals surface area contributed by atoms with E-state index in [0.717, 1.165) is 0 Å². The number of fused-ring (bicyclic) bond motifs is 1. The molecule has 3 aromatic rings. The van der Waals surface area contributed by atoms with E-state index >= 15 is 0 Å². The van der Waals surface area contributed by atoms with E-state index in [4.69, 9.17) is 0 Å². The molecule has 1 unspecified atom stereocenters.